The van der Waals surface area contributed by atoms with Gasteiger partial charge in [0.15, 0.2) is 11.6 Å². The molecule has 0 spiro atoms. The van der Waals surface area contributed by atoms with Gasteiger partial charge in [-0.3, -0.25) is 4.99 Å². The minimum Gasteiger partial charge on any atom is -0.486 e. The van der Waals surface area contributed by atoms with E-state index in [1.165, 1.54) is 6.07 Å². The van der Waals surface area contributed by atoms with Gasteiger partial charge in [-0.05, 0) is 23.8 Å². The highest BCUT2D eigenvalue weighted by Gasteiger charge is 2.45. The quantitative estimate of drug-likeness (QED) is 0.622. The highest BCUT2D eigenvalue weighted by molar-refractivity contribution is 6.01. The molecule has 1 aliphatic carbocycles. The van der Waals surface area contributed by atoms with E-state index in [4.69, 9.17) is 15.6 Å². The zero-order valence-corrected chi connectivity index (χ0v) is 15.5. The molecule has 6 heteroatoms. The number of aliphatic imine (C=N–C) groups is 2. The van der Waals surface area contributed by atoms with Crippen molar-refractivity contribution >= 4 is 12.1 Å². The van der Waals surface area contributed by atoms with Crippen molar-refractivity contribution in [2.75, 3.05) is 0 Å². The number of allylic oxidation sites excluding steroid dienone is 4. The van der Waals surface area contributed by atoms with Crippen molar-refractivity contribution in [3.05, 3.63) is 113 Å². The third kappa shape index (κ3) is 2.95. The fraction of sp³-hybridized carbons (Fsp3) is 0.0435. The van der Waals surface area contributed by atoms with E-state index < -0.39 is 5.82 Å². The van der Waals surface area contributed by atoms with Crippen LogP contribution in [0, 0.1) is 5.82 Å². The van der Waals surface area contributed by atoms with Gasteiger partial charge in [0.2, 0.25) is 5.70 Å². The normalized spacial score (nSPS) is 21.6. The lowest BCUT2D eigenvalue weighted by Crippen LogP contribution is -2.53. The van der Waals surface area contributed by atoms with Crippen LogP contribution in [0.25, 0.3) is 0 Å². The zero-order valence-electron chi connectivity index (χ0n) is 15.5. The topological polar surface area (TPSA) is 60.0 Å². The van der Waals surface area contributed by atoms with Gasteiger partial charge in [0.25, 0.3) is 5.84 Å². The Morgan fingerprint density at radius 3 is 2.69 bits per heavy atom. The van der Waals surface area contributed by atoms with Gasteiger partial charge in [0.05, 0.1) is 18.0 Å². The first-order valence-electron chi connectivity index (χ1n) is 9.23. The van der Waals surface area contributed by atoms with Crippen molar-refractivity contribution in [2.45, 2.75) is 6.61 Å². The number of halogens is 1. The Bertz CT molecular complexity index is 1170. The van der Waals surface area contributed by atoms with Crippen molar-refractivity contribution in [1.29, 1.82) is 0 Å². The largest absolute Gasteiger partial charge is 0.486 e. The van der Waals surface area contributed by atoms with Crippen LogP contribution in [0.3, 0.4) is 0 Å². The first-order valence-corrected chi connectivity index (χ1v) is 9.23. The minimum absolute atomic E-state index is 0.117. The average molecular weight is 385 g/mol. The van der Waals surface area contributed by atoms with E-state index in [0.29, 0.717) is 11.4 Å². The molecule has 0 aromatic heterocycles. The summed E-state index contributed by atoms with van der Waals surface area (Å²) in [6.45, 7) is 0.273. The molecule has 5 nitrogen and oxygen atoms in total. The second-order valence-electron chi connectivity index (χ2n) is 6.92. The molecule has 2 aliphatic heterocycles. The maximum Gasteiger partial charge on any atom is 0.265 e. The molecule has 0 fully saturated rings. The summed E-state index contributed by atoms with van der Waals surface area (Å²) in [5.74, 6) is 7.00. The second-order valence-corrected chi connectivity index (χ2v) is 6.92. The standard InChI is InChI=1S/C23H18FN4O/c24-19-10-9-18(13-21(19)29-15-16-5-2-1-3-6-16)23-27-22(17-7-4-8-17)20-14-26-11-12-28(20,23)25/h1-14H,15,25H2/q+1. The summed E-state index contributed by atoms with van der Waals surface area (Å²) < 4.78 is 20.0. The molecular formula is C23H18FN4O+. The van der Waals surface area contributed by atoms with E-state index in [2.05, 4.69) is 4.99 Å². The fourth-order valence-electron chi connectivity index (χ4n) is 3.43. The molecule has 29 heavy (non-hydrogen) atoms. The summed E-state index contributed by atoms with van der Waals surface area (Å²) >= 11 is 0. The van der Waals surface area contributed by atoms with Gasteiger partial charge in [-0.25, -0.2) is 4.39 Å². The average Bonchev–Trinajstić information content (AvgIpc) is 3.00. The van der Waals surface area contributed by atoms with E-state index >= 15 is 0 Å². The van der Waals surface area contributed by atoms with Crippen LogP contribution in [0.15, 0.2) is 106 Å². The lowest BCUT2D eigenvalue weighted by molar-refractivity contribution is -0.750. The molecule has 0 bridgehead atoms. The number of nitrogens with zero attached hydrogens (tertiary/aromatic N) is 3. The van der Waals surface area contributed by atoms with Gasteiger partial charge in [0, 0.05) is 5.57 Å². The van der Waals surface area contributed by atoms with Crippen molar-refractivity contribution in [1.82, 2.24) is 0 Å². The van der Waals surface area contributed by atoms with Crippen molar-refractivity contribution in [3.8, 4) is 5.75 Å². The van der Waals surface area contributed by atoms with Crippen molar-refractivity contribution in [2.24, 2.45) is 15.8 Å². The van der Waals surface area contributed by atoms with Crippen LogP contribution in [-0.2, 0) is 6.61 Å². The maximum absolute atomic E-state index is 14.4. The number of hydrogen-bond donors (Lipinski definition) is 1. The third-order valence-electron chi connectivity index (χ3n) is 5.05. The summed E-state index contributed by atoms with van der Waals surface area (Å²) in [5, 5.41) is 0. The highest BCUT2D eigenvalue weighted by Crippen LogP contribution is 2.36. The van der Waals surface area contributed by atoms with Crippen molar-refractivity contribution < 1.29 is 13.7 Å². The summed E-state index contributed by atoms with van der Waals surface area (Å²) in [6.07, 6.45) is 11.0. The van der Waals surface area contributed by atoms with Gasteiger partial charge in [-0.15, -0.1) is 4.59 Å². The summed E-state index contributed by atoms with van der Waals surface area (Å²) in [6, 6.07) is 14.3. The van der Waals surface area contributed by atoms with E-state index in [9.17, 15) is 4.39 Å². The Morgan fingerprint density at radius 2 is 1.93 bits per heavy atom. The van der Waals surface area contributed by atoms with E-state index in [0.717, 1.165) is 22.5 Å². The molecule has 0 saturated heterocycles. The van der Waals surface area contributed by atoms with Crippen molar-refractivity contribution in [3.63, 3.8) is 0 Å². The predicted molar refractivity (Wildman–Crippen MR) is 110 cm³/mol. The number of amidine groups is 1. The molecule has 0 radical (unpaired) electrons. The van der Waals surface area contributed by atoms with Crippen LogP contribution in [0.2, 0.25) is 0 Å². The minimum atomic E-state index is -0.430. The number of ether oxygens (including phenoxy) is 1. The fourth-order valence-corrected chi connectivity index (χ4v) is 3.43. The lowest BCUT2D eigenvalue weighted by atomic mass is 10.0. The summed E-state index contributed by atoms with van der Waals surface area (Å²) in [4.78, 5) is 9.00. The Morgan fingerprint density at radius 1 is 1.10 bits per heavy atom. The lowest BCUT2D eigenvalue weighted by Gasteiger charge is -2.26. The molecule has 5 rings (SSSR count). The number of benzene rings is 2. The first-order chi connectivity index (χ1) is 14.1. The van der Waals surface area contributed by atoms with Crippen LogP contribution in [0.4, 0.5) is 4.39 Å². The molecule has 2 aromatic rings. The molecule has 0 amide bonds. The van der Waals surface area contributed by atoms with Gasteiger partial charge < -0.3 is 4.74 Å². The van der Waals surface area contributed by atoms with Gasteiger partial charge >= 0.3 is 0 Å². The third-order valence-corrected chi connectivity index (χ3v) is 5.05. The molecule has 2 aromatic carbocycles. The van der Waals surface area contributed by atoms with Gasteiger partial charge in [-0.1, -0.05) is 48.6 Å². The Labute approximate surface area is 167 Å². The number of hydrogen-bond acceptors (Lipinski definition) is 4. The van der Waals surface area contributed by atoms with Gasteiger partial charge in [-0.2, -0.15) is 10.8 Å². The molecule has 142 valence electrons. The SMILES string of the molecule is N[N+]12C=CN=CC1=C(C1=CC=C1)N=C2c1ccc(F)c(OCc2ccccc2)c1. The van der Waals surface area contributed by atoms with Crippen LogP contribution in [0.5, 0.6) is 5.75 Å². The van der Waals surface area contributed by atoms with Crippen LogP contribution < -0.4 is 10.6 Å². The zero-order chi connectivity index (χ0) is 19.8. The van der Waals surface area contributed by atoms with Gasteiger partial charge in [0.1, 0.15) is 18.5 Å². The molecule has 0 saturated carbocycles. The smallest absolute Gasteiger partial charge is 0.265 e. The second kappa shape index (κ2) is 6.77. The Kier molecular flexibility index (Phi) is 4.08. The van der Waals surface area contributed by atoms with E-state index in [-0.39, 0.29) is 16.9 Å². The maximum atomic E-state index is 14.4. The number of rotatable bonds is 5. The first kappa shape index (κ1) is 17.5. The molecule has 2 N–H and O–H groups in total. The molecule has 1 unspecified atom stereocenters. The molecule has 3 aliphatic rings. The summed E-state index contributed by atoms with van der Waals surface area (Å²) in [7, 11) is 0. The van der Waals surface area contributed by atoms with Crippen LogP contribution in [0.1, 0.15) is 11.1 Å². The van der Waals surface area contributed by atoms with Crippen LogP contribution >= 0.6 is 0 Å². The summed E-state index contributed by atoms with van der Waals surface area (Å²) in [5.41, 5.74) is 4.19. The van der Waals surface area contributed by atoms with E-state index in [1.807, 2.05) is 48.6 Å². The molecule has 1 atom stereocenters. The molecular weight excluding hydrogens is 367 g/mol. The highest BCUT2D eigenvalue weighted by atomic mass is 19.1. The monoisotopic (exact) mass is 385 g/mol. The Hall–Kier alpha value is -3.61. The number of quaternary nitrogens is 1. The number of fused-ring (bicyclic) bond motifs is 1. The van der Waals surface area contributed by atoms with Crippen LogP contribution in [-0.4, -0.2) is 16.6 Å². The number of nitrogens with two attached hydrogens (primary N) is 1. The molecule has 2 heterocycles. The Balaban J connectivity index is 1.49. The predicted octanol–water partition coefficient (Wildman–Crippen LogP) is 4.12. The van der Waals surface area contributed by atoms with E-state index in [1.54, 1.807) is 30.7 Å².